The van der Waals surface area contributed by atoms with Crippen molar-refractivity contribution in [2.75, 3.05) is 7.11 Å². The second kappa shape index (κ2) is 5.45. The molecule has 1 saturated heterocycles. The summed E-state index contributed by atoms with van der Waals surface area (Å²) in [5.41, 5.74) is 0.751. The molecule has 1 aliphatic heterocycles. The topological polar surface area (TPSA) is 76.4 Å². The van der Waals surface area contributed by atoms with Crippen LogP contribution in [0.5, 0.6) is 5.75 Å². The molecule has 1 fully saturated rings. The van der Waals surface area contributed by atoms with Gasteiger partial charge in [0.2, 0.25) is 0 Å². The lowest BCUT2D eigenvalue weighted by molar-refractivity contribution is -0.154. The van der Waals surface area contributed by atoms with E-state index in [4.69, 9.17) is 9.47 Å². The molecule has 3 atom stereocenters. The Labute approximate surface area is 142 Å². The number of ether oxygens (including phenoxy) is 2. The quantitative estimate of drug-likeness (QED) is 0.479. The molecule has 0 spiro atoms. The third-order valence-corrected chi connectivity index (χ3v) is 6.55. The first-order chi connectivity index (χ1) is 11.2. The first-order valence-corrected chi connectivity index (χ1v) is 11.8. The Balaban J connectivity index is 2.25. The Bertz CT molecular complexity index is 761. The minimum atomic E-state index is -1.71. The Hall–Kier alpha value is -2.13. The average molecular weight is 343 g/mol. The molecule has 3 rings (SSSR count). The maximum atomic E-state index is 12.4. The molecule has 2 aliphatic rings. The lowest BCUT2D eigenvalue weighted by Gasteiger charge is -2.42. The smallest absolute Gasteiger partial charge is 0.319 e. The normalized spacial score (nSPS) is 28.6. The van der Waals surface area contributed by atoms with Gasteiger partial charge in [-0.25, -0.2) is 0 Å². The Morgan fingerprint density at radius 1 is 1.33 bits per heavy atom. The summed E-state index contributed by atoms with van der Waals surface area (Å²) < 4.78 is 10.2. The van der Waals surface area contributed by atoms with Crippen molar-refractivity contribution in [3.63, 3.8) is 0 Å². The van der Waals surface area contributed by atoms with Gasteiger partial charge in [0, 0.05) is 8.07 Å². The van der Waals surface area contributed by atoms with Crippen LogP contribution in [-0.4, -0.2) is 27.1 Å². The number of carbonyl (C=O) groups is 2. The van der Waals surface area contributed by atoms with Gasteiger partial charge in [-0.2, -0.15) is 5.26 Å². The first-order valence-electron chi connectivity index (χ1n) is 8.06. The van der Waals surface area contributed by atoms with E-state index in [1.807, 2.05) is 18.2 Å². The lowest BCUT2D eigenvalue weighted by atomic mass is 9.61. The second-order valence-electron chi connectivity index (χ2n) is 7.87. The molecular weight excluding hydrogens is 322 g/mol. The van der Waals surface area contributed by atoms with Crippen molar-refractivity contribution >= 4 is 20.0 Å². The molecule has 0 saturated carbocycles. The molecule has 0 radical (unpaired) electrons. The summed E-state index contributed by atoms with van der Waals surface area (Å²) in [5, 5.41) is 10.2. The van der Waals surface area contributed by atoms with Crippen molar-refractivity contribution in [3.8, 4) is 11.8 Å². The summed E-state index contributed by atoms with van der Waals surface area (Å²) in [7, 11) is -0.129. The molecule has 1 aliphatic carbocycles. The van der Waals surface area contributed by atoms with Crippen LogP contribution < -0.4 is 4.74 Å². The molecule has 0 N–H and O–H groups in total. The van der Waals surface area contributed by atoms with Crippen LogP contribution in [0.4, 0.5) is 0 Å². The summed E-state index contributed by atoms with van der Waals surface area (Å²) in [4.78, 5) is 24.6. The number of cyclic esters (lactones) is 2. The van der Waals surface area contributed by atoms with Gasteiger partial charge in [-0.1, -0.05) is 25.7 Å². The standard InChI is InChI=1S/C18H21NO4Si/c1-22-12-5-6-14-11(7-12)8-13-15(17(21)23-16(13)20)18(14,9-19)10-24(2,3)4/h5-7,13,15H,8,10H2,1-4H3/t13-,15+,18+/m1/s1. The van der Waals surface area contributed by atoms with Crippen molar-refractivity contribution in [2.24, 2.45) is 11.8 Å². The highest BCUT2D eigenvalue weighted by Gasteiger charge is 2.61. The SMILES string of the molecule is COc1ccc2c(c1)C[C@H]1C(=O)OC(=O)[C@H]1[C@@]2(C#N)C[Si](C)(C)C. The zero-order chi connectivity index (χ0) is 17.7. The van der Waals surface area contributed by atoms with Crippen LogP contribution in [0, 0.1) is 23.2 Å². The fourth-order valence-electron chi connectivity index (χ4n) is 4.20. The fourth-order valence-corrected chi connectivity index (χ4v) is 6.36. The highest BCUT2D eigenvalue weighted by Crippen LogP contribution is 2.52. The van der Waals surface area contributed by atoms with Crippen molar-refractivity contribution in [2.45, 2.75) is 37.5 Å². The van der Waals surface area contributed by atoms with Crippen LogP contribution in [0.25, 0.3) is 0 Å². The van der Waals surface area contributed by atoms with Crippen LogP contribution in [0.1, 0.15) is 11.1 Å². The van der Waals surface area contributed by atoms with Gasteiger partial charge in [-0.05, 0) is 35.7 Å². The van der Waals surface area contributed by atoms with E-state index in [9.17, 15) is 14.9 Å². The number of nitrogens with zero attached hydrogens (tertiary/aromatic N) is 1. The van der Waals surface area contributed by atoms with E-state index in [1.54, 1.807) is 7.11 Å². The predicted octanol–water partition coefficient (Wildman–Crippen LogP) is 2.67. The number of carbonyl (C=O) groups excluding carboxylic acids is 2. The summed E-state index contributed by atoms with van der Waals surface area (Å²) in [6.45, 7) is 6.50. The molecule has 6 heteroatoms. The second-order valence-corrected chi connectivity index (χ2v) is 13.3. The number of nitriles is 1. The molecule has 0 amide bonds. The van der Waals surface area contributed by atoms with E-state index < -0.39 is 37.3 Å². The molecule has 1 heterocycles. The average Bonchev–Trinajstić information content (AvgIpc) is 2.79. The van der Waals surface area contributed by atoms with Crippen molar-refractivity contribution in [1.82, 2.24) is 0 Å². The summed E-state index contributed by atoms with van der Waals surface area (Å²) >= 11 is 0. The van der Waals surface area contributed by atoms with E-state index >= 15 is 0 Å². The monoisotopic (exact) mass is 343 g/mol. The number of rotatable bonds is 3. The van der Waals surface area contributed by atoms with Crippen molar-refractivity contribution < 1.29 is 19.1 Å². The zero-order valence-corrected chi connectivity index (χ0v) is 15.4. The third kappa shape index (κ3) is 2.44. The van der Waals surface area contributed by atoms with Gasteiger partial charge in [-0.3, -0.25) is 9.59 Å². The largest absolute Gasteiger partial charge is 0.497 e. The molecule has 1 aromatic carbocycles. The maximum Gasteiger partial charge on any atom is 0.319 e. The molecule has 0 aromatic heterocycles. The number of hydrogen-bond donors (Lipinski definition) is 0. The van der Waals surface area contributed by atoms with E-state index in [0.717, 1.165) is 11.1 Å². The van der Waals surface area contributed by atoms with Crippen molar-refractivity contribution in [1.29, 1.82) is 5.26 Å². The molecule has 24 heavy (non-hydrogen) atoms. The number of methoxy groups -OCH3 is 1. The highest BCUT2D eigenvalue weighted by atomic mass is 28.3. The highest BCUT2D eigenvalue weighted by molar-refractivity contribution is 6.76. The van der Waals surface area contributed by atoms with E-state index in [1.165, 1.54) is 0 Å². The van der Waals surface area contributed by atoms with Gasteiger partial charge in [-0.15, -0.1) is 0 Å². The molecule has 0 bridgehead atoms. The van der Waals surface area contributed by atoms with Gasteiger partial charge < -0.3 is 9.47 Å². The molecule has 1 aromatic rings. The fraction of sp³-hybridized carbons (Fsp3) is 0.500. The molecule has 126 valence electrons. The van der Waals surface area contributed by atoms with Crippen LogP contribution in [0.3, 0.4) is 0 Å². The Morgan fingerprint density at radius 2 is 2.04 bits per heavy atom. The number of hydrogen-bond acceptors (Lipinski definition) is 5. The van der Waals surface area contributed by atoms with Gasteiger partial charge in [0.05, 0.1) is 30.4 Å². The van der Waals surface area contributed by atoms with E-state index in [-0.39, 0.29) is 0 Å². The van der Waals surface area contributed by atoms with Gasteiger partial charge in [0.25, 0.3) is 0 Å². The number of fused-ring (bicyclic) bond motifs is 2. The van der Waals surface area contributed by atoms with E-state index in [2.05, 4.69) is 25.7 Å². The van der Waals surface area contributed by atoms with Gasteiger partial charge in [0.15, 0.2) is 0 Å². The van der Waals surface area contributed by atoms with Crippen LogP contribution in [0.15, 0.2) is 18.2 Å². The third-order valence-electron chi connectivity index (χ3n) is 4.93. The Morgan fingerprint density at radius 3 is 2.62 bits per heavy atom. The van der Waals surface area contributed by atoms with Gasteiger partial charge >= 0.3 is 11.9 Å². The van der Waals surface area contributed by atoms with Crippen LogP contribution in [-0.2, 0) is 26.2 Å². The molecular formula is C18H21NO4Si. The summed E-state index contributed by atoms with van der Waals surface area (Å²) in [6, 6.07) is 8.61. The first kappa shape index (κ1) is 16.7. The minimum absolute atomic E-state index is 0.414. The number of esters is 2. The lowest BCUT2D eigenvalue weighted by Crippen LogP contribution is -2.49. The summed E-state index contributed by atoms with van der Waals surface area (Å²) in [5.74, 6) is -1.65. The maximum absolute atomic E-state index is 12.4. The number of benzene rings is 1. The summed E-state index contributed by atoms with van der Waals surface area (Å²) in [6.07, 6.45) is 0.414. The van der Waals surface area contributed by atoms with Crippen molar-refractivity contribution in [3.05, 3.63) is 29.3 Å². The zero-order valence-electron chi connectivity index (χ0n) is 14.4. The van der Waals surface area contributed by atoms with E-state index in [0.29, 0.717) is 18.2 Å². The van der Waals surface area contributed by atoms with Gasteiger partial charge in [0.1, 0.15) is 5.75 Å². The van der Waals surface area contributed by atoms with Crippen LogP contribution >= 0.6 is 0 Å². The molecule has 5 nitrogen and oxygen atoms in total. The minimum Gasteiger partial charge on any atom is -0.497 e. The Kier molecular flexibility index (Phi) is 3.80. The molecule has 0 unspecified atom stereocenters. The predicted molar refractivity (Wildman–Crippen MR) is 90.2 cm³/mol. The van der Waals surface area contributed by atoms with Crippen LogP contribution in [0.2, 0.25) is 25.7 Å².